The van der Waals surface area contributed by atoms with Gasteiger partial charge in [0, 0.05) is 0 Å². The highest BCUT2D eigenvalue weighted by Gasteiger charge is 2.34. The van der Waals surface area contributed by atoms with Gasteiger partial charge in [-0.1, -0.05) is 12.2 Å². The molecule has 50 valence electrons. The quantitative estimate of drug-likeness (QED) is 0.520. The fraction of sp³-hybridized carbons (Fsp3) is 0.750. The monoisotopic (exact) mass is 123 g/mol. The van der Waals surface area contributed by atoms with E-state index in [1.165, 1.54) is 12.8 Å². The number of fused-ring (bicyclic) bond motifs is 2. The first kappa shape index (κ1) is 5.48. The molecule has 0 radical (unpaired) electrons. The van der Waals surface area contributed by atoms with E-state index >= 15 is 0 Å². The van der Waals surface area contributed by atoms with Crippen molar-refractivity contribution >= 4 is 0 Å². The SMILES string of the molecule is NC[C@H]1C[C@@H]2C=C[C@@H]1C2. The molecule has 2 rings (SSSR count). The first-order valence-electron chi connectivity index (χ1n) is 3.78. The predicted molar refractivity (Wildman–Crippen MR) is 37.9 cm³/mol. The average Bonchev–Trinajstić information content (AvgIpc) is 2.45. The summed E-state index contributed by atoms with van der Waals surface area (Å²) in [4.78, 5) is 0. The van der Waals surface area contributed by atoms with Crippen molar-refractivity contribution < 1.29 is 0 Å². The van der Waals surface area contributed by atoms with E-state index in [4.69, 9.17) is 5.73 Å². The predicted octanol–water partition coefficient (Wildman–Crippen LogP) is 1.16. The van der Waals surface area contributed by atoms with Crippen LogP contribution in [0.15, 0.2) is 12.2 Å². The van der Waals surface area contributed by atoms with E-state index < -0.39 is 0 Å². The fourth-order valence-corrected chi connectivity index (χ4v) is 2.17. The maximum Gasteiger partial charge on any atom is -0.00430 e. The molecule has 0 spiro atoms. The van der Waals surface area contributed by atoms with Crippen molar-refractivity contribution in [3.05, 3.63) is 12.2 Å². The highest BCUT2D eigenvalue weighted by Crippen LogP contribution is 2.42. The van der Waals surface area contributed by atoms with E-state index in [0.29, 0.717) is 0 Å². The van der Waals surface area contributed by atoms with Crippen LogP contribution < -0.4 is 5.73 Å². The molecule has 1 heteroatoms. The van der Waals surface area contributed by atoms with Gasteiger partial charge in [0.1, 0.15) is 0 Å². The molecular formula is C8H13N. The second kappa shape index (κ2) is 1.84. The van der Waals surface area contributed by atoms with Crippen molar-refractivity contribution in [3.8, 4) is 0 Å². The molecule has 0 saturated heterocycles. The third kappa shape index (κ3) is 0.715. The molecule has 0 amide bonds. The van der Waals surface area contributed by atoms with E-state index in [1.807, 2.05) is 0 Å². The number of hydrogen-bond donors (Lipinski definition) is 1. The number of nitrogens with two attached hydrogens (primary N) is 1. The molecular weight excluding hydrogens is 110 g/mol. The Bertz CT molecular complexity index is 140. The molecule has 3 atom stereocenters. The number of rotatable bonds is 1. The van der Waals surface area contributed by atoms with Gasteiger partial charge in [-0.05, 0) is 37.1 Å². The molecule has 1 fully saturated rings. The molecule has 0 heterocycles. The van der Waals surface area contributed by atoms with Crippen LogP contribution >= 0.6 is 0 Å². The van der Waals surface area contributed by atoms with Gasteiger partial charge in [0.15, 0.2) is 0 Å². The molecule has 0 aromatic heterocycles. The standard InChI is InChI=1S/C8H13N/c9-5-8-4-6-1-2-7(8)3-6/h1-2,6-8H,3-5,9H2/t6-,7-,8-/m1/s1. The minimum absolute atomic E-state index is 0.819. The minimum Gasteiger partial charge on any atom is -0.330 e. The molecule has 2 N–H and O–H groups in total. The van der Waals surface area contributed by atoms with Crippen LogP contribution in [0.3, 0.4) is 0 Å². The van der Waals surface area contributed by atoms with Crippen LogP contribution in [0.25, 0.3) is 0 Å². The molecule has 1 saturated carbocycles. The maximum atomic E-state index is 5.59. The number of hydrogen-bond acceptors (Lipinski definition) is 1. The van der Waals surface area contributed by atoms with Crippen LogP contribution in [0.1, 0.15) is 12.8 Å². The highest BCUT2D eigenvalue weighted by atomic mass is 14.6. The summed E-state index contributed by atoms with van der Waals surface area (Å²) < 4.78 is 0. The largest absolute Gasteiger partial charge is 0.330 e. The van der Waals surface area contributed by atoms with Crippen LogP contribution in [0.5, 0.6) is 0 Å². The lowest BCUT2D eigenvalue weighted by Crippen LogP contribution is -2.17. The van der Waals surface area contributed by atoms with E-state index in [2.05, 4.69) is 12.2 Å². The summed E-state index contributed by atoms with van der Waals surface area (Å²) in [6, 6.07) is 0. The maximum absolute atomic E-state index is 5.59. The van der Waals surface area contributed by atoms with Crippen molar-refractivity contribution in [1.82, 2.24) is 0 Å². The topological polar surface area (TPSA) is 26.0 Å². The number of allylic oxidation sites excluding steroid dienone is 2. The zero-order valence-corrected chi connectivity index (χ0v) is 5.59. The average molecular weight is 123 g/mol. The van der Waals surface area contributed by atoms with Crippen LogP contribution in [-0.2, 0) is 0 Å². The molecule has 1 nitrogen and oxygen atoms in total. The van der Waals surface area contributed by atoms with E-state index in [9.17, 15) is 0 Å². The third-order valence-electron chi connectivity index (χ3n) is 2.72. The Kier molecular flexibility index (Phi) is 1.12. The summed E-state index contributed by atoms with van der Waals surface area (Å²) in [7, 11) is 0. The van der Waals surface area contributed by atoms with Gasteiger partial charge in [-0.15, -0.1) is 0 Å². The summed E-state index contributed by atoms with van der Waals surface area (Å²) in [6.07, 6.45) is 7.46. The van der Waals surface area contributed by atoms with Gasteiger partial charge in [-0.3, -0.25) is 0 Å². The zero-order valence-electron chi connectivity index (χ0n) is 5.59. The van der Waals surface area contributed by atoms with Crippen LogP contribution in [0.2, 0.25) is 0 Å². The second-order valence-electron chi connectivity index (χ2n) is 3.28. The smallest absolute Gasteiger partial charge is 0.00430 e. The first-order valence-corrected chi connectivity index (χ1v) is 3.78. The first-order chi connectivity index (χ1) is 4.40. The lowest BCUT2D eigenvalue weighted by molar-refractivity contribution is 0.459. The van der Waals surface area contributed by atoms with Gasteiger partial charge in [-0.2, -0.15) is 0 Å². The third-order valence-corrected chi connectivity index (χ3v) is 2.72. The van der Waals surface area contributed by atoms with E-state index in [0.717, 1.165) is 24.3 Å². The fourth-order valence-electron chi connectivity index (χ4n) is 2.17. The van der Waals surface area contributed by atoms with Crippen molar-refractivity contribution in [2.75, 3.05) is 6.54 Å². The normalized spacial score (nSPS) is 46.6. The van der Waals surface area contributed by atoms with Crippen molar-refractivity contribution in [2.24, 2.45) is 23.5 Å². The molecule has 2 aliphatic rings. The Balaban J connectivity index is 2.10. The van der Waals surface area contributed by atoms with Gasteiger partial charge in [-0.25, -0.2) is 0 Å². The Morgan fingerprint density at radius 1 is 1.33 bits per heavy atom. The summed E-state index contributed by atoms with van der Waals surface area (Å²) >= 11 is 0. The molecule has 0 unspecified atom stereocenters. The van der Waals surface area contributed by atoms with Gasteiger partial charge < -0.3 is 5.73 Å². The van der Waals surface area contributed by atoms with Gasteiger partial charge in [0.25, 0.3) is 0 Å². The summed E-state index contributed by atoms with van der Waals surface area (Å²) in [5.74, 6) is 2.56. The lowest BCUT2D eigenvalue weighted by Gasteiger charge is -2.14. The Morgan fingerprint density at radius 3 is 2.56 bits per heavy atom. The van der Waals surface area contributed by atoms with Gasteiger partial charge in [0.2, 0.25) is 0 Å². The Labute approximate surface area is 55.9 Å². The second-order valence-corrected chi connectivity index (χ2v) is 3.28. The molecule has 2 aliphatic carbocycles. The van der Waals surface area contributed by atoms with Crippen LogP contribution in [-0.4, -0.2) is 6.54 Å². The van der Waals surface area contributed by atoms with Crippen LogP contribution in [0.4, 0.5) is 0 Å². The van der Waals surface area contributed by atoms with Gasteiger partial charge in [0.05, 0.1) is 0 Å². The highest BCUT2D eigenvalue weighted by molar-refractivity contribution is 5.10. The summed E-state index contributed by atoms with van der Waals surface area (Å²) in [6.45, 7) is 0.894. The molecule has 2 bridgehead atoms. The van der Waals surface area contributed by atoms with E-state index in [1.54, 1.807) is 0 Å². The molecule has 9 heavy (non-hydrogen) atoms. The molecule has 0 aromatic rings. The Morgan fingerprint density at radius 2 is 2.22 bits per heavy atom. The summed E-state index contributed by atoms with van der Waals surface area (Å²) in [5, 5.41) is 0. The summed E-state index contributed by atoms with van der Waals surface area (Å²) in [5.41, 5.74) is 5.59. The minimum atomic E-state index is 0.819. The lowest BCUT2D eigenvalue weighted by atomic mass is 9.94. The van der Waals surface area contributed by atoms with Crippen molar-refractivity contribution in [3.63, 3.8) is 0 Å². The Hall–Kier alpha value is -0.300. The van der Waals surface area contributed by atoms with E-state index in [-0.39, 0.29) is 0 Å². The van der Waals surface area contributed by atoms with Gasteiger partial charge >= 0.3 is 0 Å². The van der Waals surface area contributed by atoms with Crippen molar-refractivity contribution in [1.29, 1.82) is 0 Å². The van der Waals surface area contributed by atoms with Crippen molar-refractivity contribution in [2.45, 2.75) is 12.8 Å². The van der Waals surface area contributed by atoms with Crippen LogP contribution in [0, 0.1) is 17.8 Å². The molecule has 0 aliphatic heterocycles. The molecule has 0 aromatic carbocycles. The zero-order chi connectivity index (χ0) is 6.27.